The molecule has 0 unspecified atom stereocenters. The molecule has 0 saturated carbocycles. The number of piperidine rings is 1. The van der Waals surface area contributed by atoms with Gasteiger partial charge < -0.3 is 21.4 Å². The molecule has 6 nitrogen and oxygen atoms in total. The number of pyridine rings is 1. The summed E-state index contributed by atoms with van der Waals surface area (Å²) in [5.74, 6) is 0.105. The molecule has 1 aliphatic rings. The Bertz CT molecular complexity index is 1370. The van der Waals surface area contributed by atoms with Crippen molar-refractivity contribution in [2.75, 3.05) is 23.7 Å². The van der Waals surface area contributed by atoms with E-state index in [2.05, 4.69) is 20.9 Å². The highest BCUT2D eigenvalue weighted by Crippen LogP contribution is 2.43. The van der Waals surface area contributed by atoms with Crippen molar-refractivity contribution in [1.82, 2.24) is 9.97 Å². The fraction of sp³-hybridized carbons (Fsp3) is 0.231. The van der Waals surface area contributed by atoms with Gasteiger partial charge in [0.2, 0.25) is 0 Å². The number of hydrogen-bond acceptors (Lipinski definition) is 5. The molecule has 0 atom stereocenters. The molecular weight excluding hydrogens is 415 g/mol. The highest BCUT2D eigenvalue weighted by atomic mass is 19.1. The minimum Gasteiger partial charge on any atom is -0.383 e. The van der Waals surface area contributed by atoms with E-state index < -0.39 is 0 Å². The number of hydrogen-bond donors (Lipinski definition) is 3. The fourth-order valence-electron chi connectivity index (χ4n) is 4.67. The van der Waals surface area contributed by atoms with E-state index in [0.717, 1.165) is 70.5 Å². The first-order valence-corrected chi connectivity index (χ1v) is 11.0. The Kier molecular flexibility index (Phi) is 5.23. The number of aromatic amines is 1. The molecule has 0 bridgehead atoms. The van der Waals surface area contributed by atoms with Crippen molar-refractivity contribution >= 4 is 22.4 Å². The van der Waals surface area contributed by atoms with Crippen molar-refractivity contribution in [3.05, 3.63) is 65.6 Å². The number of nitrogen functional groups attached to an aromatic ring is 1. The first kappa shape index (κ1) is 21.0. The lowest BCUT2D eigenvalue weighted by atomic mass is 9.96. The standard InChI is InChI=1S/C26H25FN6/c1-15-8-18(11-19(27)9-15)21-14-31-26(30)24(25(21)33-6-4-20(29)5-7-33)23-12-17-3-2-16(13-28)10-22(17)32-23/h2-3,8-12,14,20,32H,4-7,29H2,1H3,(H2,30,31). The molecule has 1 fully saturated rings. The summed E-state index contributed by atoms with van der Waals surface area (Å²) in [6, 6.07) is 14.9. The predicted octanol–water partition coefficient (Wildman–Crippen LogP) is 4.73. The number of nitrogens with one attached hydrogen (secondary N) is 1. The third kappa shape index (κ3) is 3.90. The maximum absolute atomic E-state index is 14.3. The van der Waals surface area contributed by atoms with E-state index in [1.54, 1.807) is 12.3 Å². The minimum atomic E-state index is -0.287. The average molecular weight is 441 g/mol. The lowest BCUT2D eigenvalue weighted by Crippen LogP contribution is -2.40. The molecule has 33 heavy (non-hydrogen) atoms. The van der Waals surface area contributed by atoms with Gasteiger partial charge in [-0.15, -0.1) is 0 Å². The third-order valence-corrected chi connectivity index (χ3v) is 6.31. The second kappa shape index (κ2) is 8.23. The lowest BCUT2D eigenvalue weighted by Gasteiger charge is -2.35. The molecule has 4 aromatic rings. The summed E-state index contributed by atoms with van der Waals surface area (Å²) in [7, 11) is 0. The first-order valence-electron chi connectivity index (χ1n) is 11.0. The Morgan fingerprint density at radius 3 is 2.67 bits per heavy atom. The summed E-state index contributed by atoms with van der Waals surface area (Å²) in [5.41, 5.74) is 19.0. The molecule has 166 valence electrons. The highest BCUT2D eigenvalue weighted by molar-refractivity contribution is 5.98. The van der Waals surface area contributed by atoms with Gasteiger partial charge in [-0.05, 0) is 61.2 Å². The Morgan fingerprint density at radius 1 is 1.15 bits per heavy atom. The molecule has 2 aromatic heterocycles. The maximum Gasteiger partial charge on any atom is 0.134 e. The molecule has 0 amide bonds. The molecular formula is C26H25FN6. The molecule has 1 saturated heterocycles. The number of aryl methyl sites for hydroxylation is 1. The number of anilines is 2. The molecule has 7 heteroatoms. The van der Waals surface area contributed by atoms with Crippen LogP contribution in [0.2, 0.25) is 0 Å². The number of fused-ring (bicyclic) bond motifs is 1. The Hall–Kier alpha value is -3.89. The molecule has 5 N–H and O–H groups in total. The van der Waals surface area contributed by atoms with E-state index in [4.69, 9.17) is 11.5 Å². The normalized spacial score (nSPS) is 14.5. The van der Waals surface area contributed by atoms with Gasteiger partial charge in [-0.25, -0.2) is 9.37 Å². The maximum atomic E-state index is 14.3. The Labute approximate surface area is 191 Å². The van der Waals surface area contributed by atoms with E-state index in [1.807, 2.05) is 31.2 Å². The zero-order chi connectivity index (χ0) is 23.1. The lowest BCUT2D eigenvalue weighted by molar-refractivity contribution is 0.501. The van der Waals surface area contributed by atoms with Gasteiger partial charge in [0.1, 0.15) is 11.6 Å². The summed E-state index contributed by atoms with van der Waals surface area (Å²) in [5, 5.41) is 10.2. The van der Waals surface area contributed by atoms with Gasteiger partial charge >= 0.3 is 0 Å². The molecule has 0 spiro atoms. The van der Waals surface area contributed by atoms with Crippen LogP contribution in [0.15, 0.2) is 48.7 Å². The largest absolute Gasteiger partial charge is 0.383 e. The van der Waals surface area contributed by atoms with Crippen LogP contribution in [0.25, 0.3) is 33.3 Å². The molecule has 2 aromatic carbocycles. The number of nitrogens with two attached hydrogens (primary N) is 2. The molecule has 3 heterocycles. The summed E-state index contributed by atoms with van der Waals surface area (Å²) >= 11 is 0. The highest BCUT2D eigenvalue weighted by Gasteiger charge is 2.26. The van der Waals surface area contributed by atoms with Crippen molar-refractivity contribution in [3.8, 4) is 28.5 Å². The van der Waals surface area contributed by atoms with Gasteiger partial charge in [0.25, 0.3) is 0 Å². The monoisotopic (exact) mass is 440 g/mol. The number of aromatic nitrogens is 2. The summed E-state index contributed by atoms with van der Waals surface area (Å²) < 4.78 is 14.3. The van der Waals surface area contributed by atoms with Crippen LogP contribution in [-0.4, -0.2) is 29.1 Å². The molecule has 1 aliphatic heterocycles. The summed E-state index contributed by atoms with van der Waals surface area (Å²) in [6.45, 7) is 3.43. The van der Waals surface area contributed by atoms with Crippen LogP contribution in [-0.2, 0) is 0 Å². The van der Waals surface area contributed by atoms with Crippen LogP contribution in [0.1, 0.15) is 24.0 Å². The Morgan fingerprint density at radius 2 is 1.94 bits per heavy atom. The predicted molar refractivity (Wildman–Crippen MR) is 130 cm³/mol. The van der Waals surface area contributed by atoms with Crippen molar-refractivity contribution in [3.63, 3.8) is 0 Å². The Balaban J connectivity index is 1.76. The molecule has 0 aliphatic carbocycles. The smallest absolute Gasteiger partial charge is 0.134 e. The third-order valence-electron chi connectivity index (χ3n) is 6.31. The molecule has 0 radical (unpaired) electrons. The van der Waals surface area contributed by atoms with E-state index >= 15 is 0 Å². The van der Waals surface area contributed by atoms with Gasteiger partial charge in [0, 0.05) is 41.8 Å². The zero-order valence-corrected chi connectivity index (χ0v) is 18.4. The van der Waals surface area contributed by atoms with Gasteiger partial charge in [-0.1, -0.05) is 12.1 Å². The van der Waals surface area contributed by atoms with E-state index in [-0.39, 0.29) is 11.9 Å². The SMILES string of the molecule is Cc1cc(F)cc(-c2cnc(N)c(-c3cc4ccc(C#N)cc4[nH]3)c2N2CCC(N)CC2)c1. The number of rotatable bonds is 3. The summed E-state index contributed by atoms with van der Waals surface area (Å²) in [6.07, 6.45) is 3.45. The van der Waals surface area contributed by atoms with Crippen molar-refractivity contribution in [2.45, 2.75) is 25.8 Å². The number of nitriles is 1. The number of halogens is 1. The second-order valence-electron chi connectivity index (χ2n) is 8.72. The van der Waals surface area contributed by atoms with Crippen molar-refractivity contribution < 1.29 is 4.39 Å². The van der Waals surface area contributed by atoms with Crippen LogP contribution in [0, 0.1) is 24.1 Å². The van der Waals surface area contributed by atoms with Crippen LogP contribution in [0.4, 0.5) is 15.9 Å². The van der Waals surface area contributed by atoms with Crippen LogP contribution in [0.3, 0.4) is 0 Å². The first-order chi connectivity index (χ1) is 15.9. The van der Waals surface area contributed by atoms with E-state index in [9.17, 15) is 9.65 Å². The average Bonchev–Trinajstić information content (AvgIpc) is 3.21. The minimum absolute atomic E-state index is 0.168. The second-order valence-corrected chi connectivity index (χ2v) is 8.72. The van der Waals surface area contributed by atoms with Crippen molar-refractivity contribution in [1.29, 1.82) is 5.26 Å². The van der Waals surface area contributed by atoms with Crippen molar-refractivity contribution in [2.24, 2.45) is 5.73 Å². The van der Waals surface area contributed by atoms with Gasteiger partial charge in [0.15, 0.2) is 0 Å². The quantitative estimate of drug-likeness (QED) is 0.427. The van der Waals surface area contributed by atoms with Gasteiger partial charge in [-0.2, -0.15) is 5.26 Å². The molecule has 5 rings (SSSR count). The van der Waals surface area contributed by atoms with Crippen LogP contribution >= 0.6 is 0 Å². The van der Waals surface area contributed by atoms with E-state index in [0.29, 0.717) is 11.4 Å². The number of benzene rings is 2. The van der Waals surface area contributed by atoms with Gasteiger partial charge in [-0.3, -0.25) is 0 Å². The van der Waals surface area contributed by atoms with E-state index in [1.165, 1.54) is 12.1 Å². The number of nitrogens with zero attached hydrogens (tertiary/aromatic N) is 3. The van der Waals surface area contributed by atoms with Crippen LogP contribution < -0.4 is 16.4 Å². The topological polar surface area (TPSA) is 108 Å². The van der Waals surface area contributed by atoms with Crippen LogP contribution in [0.5, 0.6) is 0 Å². The zero-order valence-electron chi connectivity index (χ0n) is 18.4. The number of H-pyrrole nitrogens is 1. The fourth-order valence-corrected chi connectivity index (χ4v) is 4.67. The summed E-state index contributed by atoms with van der Waals surface area (Å²) in [4.78, 5) is 10.2. The van der Waals surface area contributed by atoms with Gasteiger partial charge in [0.05, 0.1) is 28.6 Å².